The highest BCUT2D eigenvalue weighted by atomic mass is 16.1. The third-order valence-electron chi connectivity index (χ3n) is 3.37. The van der Waals surface area contributed by atoms with Gasteiger partial charge in [0, 0.05) is 19.3 Å². The lowest BCUT2D eigenvalue weighted by Crippen LogP contribution is -2.45. The molecule has 0 aliphatic carbocycles. The monoisotopic (exact) mass is 248 g/mol. The predicted molar refractivity (Wildman–Crippen MR) is 69.3 cm³/mol. The summed E-state index contributed by atoms with van der Waals surface area (Å²) in [6.45, 7) is 6.75. The first-order valence-corrected chi connectivity index (χ1v) is 6.37. The van der Waals surface area contributed by atoms with Crippen molar-refractivity contribution in [3.05, 3.63) is 23.8 Å². The second-order valence-electron chi connectivity index (χ2n) is 5.32. The lowest BCUT2D eigenvalue weighted by Gasteiger charge is -2.34. The van der Waals surface area contributed by atoms with Gasteiger partial charge in [0.05, 0.1) is 11.9 Å². The van der Waals surface area contributed by atoms with Gasteiger partial charge in [-0.3, -0.25) is 9.78 Å². The molecule has 1 unspecified atom stereocenters. The summed E-state index contributed by atoms with van der Waals surface area (Å²) in [6.07, 6.45) is 5.43. The highest BCUT2D eigenvalue weighted by Crippen LogP contribution is 2.24. The fourth-order valence-corrected chi connectivity index (χ4v) is 2.16. The molecule has 2 heterocycles. The smallest absolute Gasteiger partial charge is 0.271 e. The summed E-state index contributed by atoms with van der Waals surface area (Å²) in [5, 5.41) is 6.31. The van der Waals surface area contributed by atoms with E-state index in [1.54, 1.807) is 6.20 Å². The van der Waals surface area contributed by atoms with E-state index in [1.165, 1.54) is 6.20 Å². The lowest BCUT2D eigenvalue weighted by molar-refractivity contribution is 0.0919. The third kappa shape index (κ3) is 3.26. The average molecular weight is 248 g/mol. The molecule has 5 heteroatoms. The van der Waals surface area contributed by atoms with Gasteiger partial charge >= 0.3 is 0 Å². The molecule has 0 spiro atoms. The molecule has 2 rings (SSSR count). The normalized spacial score (nSPS) is 23.7. The van der Waals surface area contributed by atoms with Crippen LogP contribution in [0.25, 0.3) is 0 Å². The molecule has 1 saturated heterocycles. The summed E-state index contributed by atoms with van der Waals surface area (Å²) in [6, 6.07) is 0. The Labute approximate surface area is 107 Å². The maximum absolute atomic E-state index is 11.9. The van der Waals surface area contributed by atoms with Gasteiger partial charge in [-0.05, 0) is 31.7 Å². The molecular weight excluding hydrogens is 228 g/mol. The Bertz CT molecular complexity index is 410. The van der Waals surface area contributed by atoms with Crippen LogP contribution >= 0.6 is 0 Å². The molecule has 1 aromatic heterocycles. The Morgan fingerprint density at radius 3 is 2.94 bits per heavy atom. The summed E-state index contributed by atoms with van der Waals surface area (Å²) in [5.74, 6) is -0.144. The van der Waals surface area contributed by atoms with Crippen molar-refractivity contribution in [1.82, 2.24) is 20.6 Å². The van der Waals surface area contributed by atoms with Gasteiger partial charge in [-0.15, -0.1) is 0 Å². The number of hydrogen-bond acceptors (Lipinski definition) is 4. The van der Waals surface area contributed by atoms with Crippen molar-refractivity contribution >= 4 is 5.91 Å². The van der Waals surface area contributed by atoms with Crippen molar-refractivity contribution in [3.8, 4) is 0 Å². The SMILES string of the molecule is Cc1cnc(C(=O)NCC2(C)CCCNC2)cn1. The summed E-state index contributed by atoms with van der Waals surface area (Å²) in [5.41, 5.74) is 1.34. The van der Waals surface area contributed by atoms with Crippen LogP contribution in [0.5, 0.6) is 0 Å². The molecular formula is C13H20N4O. The first kappa shape index (κ1) is 13.0. The molecule has 0 bridgehead atoms. The summed E-state index contributed by atoms with van der Waals surface area (Å²) in [7, 11) is 0. The molecule has 1 atom stereocenters. The van der Waals surface area contributed by atoms with E-state index in [0.717, 1.165) is 31.6 Å². The van der Waals surface area contributed by atoms with Gasteiger partial charge in [-0.1, -0.05) is 6.92 Å². The molecule has 1 aromatic rings. The van der Waals surface area contributed by atoms with Gasteiger partial charge in [-0.2, -0.15) is 0 Å². The Morgan fingerprint density at radius 1 is 1.50 bits per heavy atom. The van der Waals surface area contributed by atoms with Gasteiger partial charge in [0.2, 0.25) is 0 Å². The van der Waals surface area contributed by atoms with E-state index in [9.17, 15) is 4.79 Å². The number of amides is 1. The molecule has 1 aliphatic rings. The van der Waals surface area contributed by atoms with Crippen LogP contribution in [-0.2, 0) is 0 Å². The standard InChI is InChI=1S/C13H20N4O/c1-10-6-16-11(7-15-10)12(18)17-9-13(2)4-3-5-14-8-13/h6-7,14H,3-5,8-9H2,1-2H3,(H,17,18). The van der Waals surface area contributed by atoms with Crippen molar-refractivity contribution in [3.63, 3.8) is 0 Å². The van der Waals surface area contributed by atoms with Crippen LogP contribution in [0.2, 0.25) is 0 Å². The molecule has 98 valence electrons. The van der Waals surface area contributed by atoms with Crippen molar-refractivity contribution in [2.24, 2.45) is 5.41 Å². The number of hydrogen-bond donors (Lipinski definition) is 2. The molecule has 1 aliphatic heterocycles. The Kier molecular flexibility index (Phi) is 3.91. The highest BCUT2D eigenvalue weighted by Gasteiger charge is 2.27. The van der Waals surface area contributed by atoms with E-state index < -0.39 is 0 Å². The van der Waals surface area contributed by atoms with Gasteiger partial charge in [-0.25, -0.2) is 4.98 Å². The highest BCUT2D eigenvalue weighted by molar-refractivity contribution is 5.91. The zero-order chi connectivity index (χ0) is 13.0. The van der Waals surface area contributed by atoms with E-state index in [0.29, 0.717) is 12.2 Å². The molecule has 1 amide bonds. The number of aryl methyl sites for hydroxylation is 1. The second-order valence-corrected chi connectivity index (χ2v) is 5.32. The first-order valence-electron chi connectivity index (χ1n) is 6.37. The number of nitrogens with one attached hydrogen (secondary N) is 2. The number of carbonyl (C=O) groups excluding carboxylic acids is 1. The predicted octanol–water partition coefficient (Wildman–Crippen LogP) is 0.905. The summed E-state index contributed by atoms with van der Waals surface area (Å²) >= 11 is 0. The van der Waals surface area contributed by atoms with Crippen LogP contribution in [0, 0.1) is 12.3 Å². The maximum atomic E-state index is 11.9. The van der Waals surface area contributed by atoms with Crippen LogP contribution < -0.4 is 10.6 Å². The van der Waals surface area contributed by atoms with Gasteiger partial charge in [0.15, 0.2) is 0 Å². The third-order valence-corrected chi connectivity index (χ3v) is 3.37. The minimum absolute atomic E-state index is 0.144. The van der Waals surface area contributed by atoms with Crippen molar-refractivity contribution in [2.45, 2.75) is 26.7 Å². The van der Waals surface area contributed by atoms with Crippen LogP contribution in [0.3, 0.4) is 0 Å². The zero-order valence-electron chi connectivity index (χ0n) is 11.0. The minimum Gasteiger partial charge on any atom is -0.350 e. The Morgan fingerprint density at radius 2 is 2.33 bits per heavy atom. The van der Waals surface area contributed by atoms with Crippen LogP contribution in [0.15, 0.2) is 12.4 Å². The molecule has 0 aromatic carbocycles. The van der Waals surface area contributed by atoms with E-state index >= 15 is 0 Å². The molecule has 2 N–H and O–H groups in total. The van der Waals surface area contributed by atoms with Crippen molar-refractivity contribution in [1.29, 1.82) is 0 Å². The number of rotatable bonds is 3. The minimum atomic E-state index is -0.144. The van der Waals surface area contributed by atoms with Crippen molar-refractivity contribution < 1.29 is 4.79 Å². The Hall–Kier alpha value is -1.49. The van der Waals surface area contributed by atoms with Crippen LogP contribution in [0.1, 0.15) is 35.9 Å². The number of nitrogens with zero attached hydrogens (tertiary/aromatic N) is 2. The second kappa shape index (κ2) is 5.44. The average Bonchev–Trinajstić information content (AvgIpc) is 2.38. The summed E-state index contributed by atoms with van der Waals surface area (Å²) in [4.78, 5) is 20.1. The van der Waals surface area contributed by atoms with E-state index in [4.69, 9.17) is 0 Å². The fraction of sp³-hybridized carbons (Fsp3) is 0.615. The van der Waals surface area contributed by atoms with E-state index in [-0.39, 0.29) is 11.3 Å². The van der Waals surface area contributed by atoms with Crippen molar-refractivity contribution in [2.75, 3.05) is 19.6 Å². The molecule has 18 heavy (non-hydrogen) atoms. The number of aromatic nitrogens is 2. The van der Waals surface area contributed by atoms with E-state index in [2.05, 4.69) is 27.5 Å². The topological polar surface area (TPSA) is 66.9 Å². The van der Waals surface area contributed by atoms with Crippen LogP contribution in [-0.4, -0.2) is 35.5 Å². The largest absolute Gasteiger partial charge is 0.350 e. The number of carbonyl (C=O) groups is 1. The van der Waals surface area contributed by atoms with Gasteiger partial charge in [0.25, 0.3) is 5.91 Å². The molecule has 1 fully saturated rings. The zero-order valence-corrected chi connectivity index (χ0v) is 11.0. The number of piperidine rings is 1. The lowest BCUT2D eigenvalue weighted by atomic mass is 9.83. The van der Waals surface area contributed by atoms with Crippen LogP contribution in [0.4, 0.5) is 0 Å². The van der Waals surface area contributed by atoms with E-state index in [1.807, 2.05) is 6.92 Å². The molecule has 0 saturated carbocycles. The Balaban J connectivity index is 1.89. The fourth-order valence-electron chi connectivity index (χ4n) is 2.16. The first-order chi connectivity index (χ1) is 8.59. The molecule has 0 radical (unpaired) electrons. The summed E-state index contributed by atoms with van der Waals surface area (Å²) < 4.78 is 0. The van der Waals surface area contributed by atoms with Gasteiger partial charge < -0.3 is 10.6 Å². The molecule has 5 nitrogen and oxygen atoms in total. The quantitative estimate of drug-likeness (QED) is 0.834. The van der Waals surface area contributed by atoms with Gasteiger partial charge in [0.1, 0.15) is 5.69 Å². The maximum Gasteiger partial charge on any atom is 0.271 e.